The number of carbonyl (C=O) groups excluding carboxylic acids is 1. The van der Waals surface area contributed by atoms with E-state index in [-0.39, 0.29) is 5.91 Å². The van der Waals surface area contributed by atoms with Crippen LogP contribution in [-0.4, -0.2) is 30.4 Å². The molecule has 3 nitrogen and oxygen atoms in total. The normalized spacial score (nSPS) is 20.5. The molecule has 0 radical (unpaired) electrons. The Balaban J connectivity index is 1.89. The first-order valence-corrected chi connectivity index (χ1v) is 7.27. The van der Waals surface area contributed by atoms with Crippen LogP contribution in [0.1, 0.15) is 37.7 Å². The molecule has 0 aromatic heterocycles. The summed E-state index contributed by atoms with van der Waals surface area (Å²) in [5.74, 6) is 1.11. The highest BCUT2D eigenvalue weighted by molar-refractivity contribution is 5.76. The van der Waals surface area contributed by atoms with Gasteiger partial charge in [-0.3, -0.25) is 4.79 Å². The lowest BCUT2D eigenvalue weighted by Gasteiger charge is -2.19. The summed E-state index contributed by atoms with van der Waals surface area (Å²) in [6, 6.07) is 10.5. The first-order chi connectivity index (χ1) is 9.24. The molecule has 1 aromatic rings. The minimum atomic E-state index is 0.274. The van der Waals surface area contributed by atoms with Crippen LogP contribution in [0.2, 0.25) is 0 Å². The molecule has 3 heteroatoms. The Morgan fingerprint density at radius 2 is 2.16 bits per heavy atom. The van der Waals surface area contributed by atoms with E-state index in [0.29, 0.717) is 24.8 Å². The zero-order chi connectivity index (χ0) is 13.7. The van der Waals surface area contributed by atoms with Crippen molar-refractivity contribution in [1.29, 1.82) is 0 Å². The molecule has 2 rings (SSSR count). The van der Waals surface area contributed by atoms with E-state index in [1.54, 1.807) is 0 Å². The second-order valence-corrected chi connectivity index (χ2v) is 5.45. The van der Waals surface area contributed by atoms with E-state index in [1.165, 1.54) is 5.56 Å². The third kappa shape index (κ3) is 3.57. The first kappa shape index (κ1) is 14.1. The van der Waals surface area contributed by atoms with Crippen molar-refractivity contribution in [2.75, 3.05) is 19.6 Å². The Bertz CT molecular complexity index is 400. The zero-order valence-electron chi connectivity index (χ0n) is 11.7. The van der Waals surface area contributed by atoms with Gasteiger partial charge in [-0.1, -0.05) is 43.7 Å². The van der Waals surface area contributed by atoms with Crippen LogP contribution in [0, 0.1) is 5.92 Å². The molecule has 1 amide bonds. The molecule has 1 aliphatic heterocycles. The molecule has 0 bridgehead atoms. The van der Waals surface area contributed by atoms with Gasteiger partial charge in [-0.2, -0.15) is 0 Å². The number of hydrogen-bond donors (Lipinski definition) is 1. The average Bonchev–Trinajstić information content (AvgIpc) is 2.95. The number of carbonyl (C=O) groups is 1. The molecule has 2 N–H and O–H groups in total. The largest absolute Gasteiger partial charge is 0.342 e. The number of hydrogen-bond acceptors (Lipinski definition) is 2. The third-order valence-electron chi connectivity index (χ3n) is 4.19. The number of rotatable bonds is 5. The molecular formula is C16H24N2O. The Morgan fingerprint density at radius 3 is 2.79 bits per heavy atom. The lowest BCUT2D eigenvalue weighted by atomic mass is 9.99. The summed E-state index contributed by atoms with van der Waals surface area (Å²) in [5, 5.41) is 0. The van der Waals surface area contributed by atoms with Crippen molar-refractivity contribution in [1.82, 2.24) is 4.90 Å². The van der Waals surface area contributed by atoms with Crippen molar-refractivity contribution in [3.63, 3.8) is 0 Å². The fraction of sp³-hybridized carbons (Fsp3) is 0.562. The van der Waals surface area contributed by atoms with Crippen molar-refractivity contribution < 1.29 is 4.79 Å². The van der Waals surface area contributed by atoms with Crippen LogP contribution in [0.5, 0.6) is 0 Å². The lowest BCUT2D eigenvalue weighted by Crippen LogP contribution is -2.31. The molecule has 1 heterocycles. The second-order valence-electron chi connectivity index (χ2n) is 5.45. The summed E-state index contributed by atoms with van der Waals surface area (Å²) in [7, 11) is 0. The molecule has 1 aliphatic rings. The SMILES string of the molecule is CCC(CN)CC(=O)N1CCC(c2ccccc2)C1. The van der Waals surface area contributed by atoms with Gasteiger partial charge >= 0.3 is 0 Å². The van der Waals surface area contributed by atoms with Gasteiger partial charge in [0, 0.05) is 25.4 Å². The molecule has 1 saturated heterocycles. The predicted octanol–water partition coefficient (Wildman–Crippen LogP) is 2.38. The maximum atomic E-state index is 12.2. The summed E-state index contributed by atoms with van der Waals surface area (Å²) in [4.78, 5) is 14.2. The van der Waals surface area contributed by atoms with E-state index in [4.69, 9.17) is 5.73 Å². The Kier molecular flexibility index (Phi) is 4.97. The van der Waals surface area contributed by atoms with Crippen molar-refractivity contribution in [3.8, 4) is 0 Å². The molecule has 1 fully saturated rings. The van der Waals surface area contributed by atoms with E-state index in [9.17, 15) is 4.79 Å². The second kappa shape index (κ2) is 6.71. The van der Waals surface area contributed by atoms with Crippen LogP contribution >= 0.6 is 0 Å². The smallest absolute Gasteiger partial charge is 0.222 e. The van der Waals surface area contributed by atoms with Gasteiger partial charge in [0.25, 0.3) is 0 Å². The molecule has 0 spiro atoms. The minimum Gasteiger partial charge on any atom is -0.342 e. The van der Waals surface area contributed by atoms with E-state index >= 15 is 0 Å². The van der Waals surface area contributed by atoms with Gasteiger partial charge in [-0.05, 0) is 24.4 Å². The van der Waals surface area contributed by atoms with Gasteiger partial charge in [0.05, 0.1) is 0 Å². The van der Waals surface area contributed by atoms with E-state index < -0.39 is 0 Å². The van der Waals surface area contributed by atoms with Crippen LogP contribution in [0.15, 0.2) is 30.3 Å². The van der Waals surface area contributed by atoms with E-state index in [1.807, 2.05) is 11.0 Å². The van der Waals surface area contributed by atoms with E-state index in [0.717, 1.165) is 25.9 Å². The Morgan fingerprint density at radius 1 is 1.42 bits per heavy atom. The van der Waals surface area contributed by atoms with Gasteiger partial charge in [-0.15, -0.1) is 0 Å². The quantitative estimate of drug-likeness (QED) is 0.883. The predicted molar refractivity (Wildman–Crippen MR) is 77.8 cm³/mol. The molecule has 19 heavy (non-hydrogen) atoms. The van der Waals surface area contributed by atoms with Crippen LogP contribution in [0.25, 0.3) is 0 Å². The fourth-order valence-electron chi connectivity index (χ4n) is 2.75. The van der Waals surface area contributed by atoms with Crippen molar-refractivity contribution in [2.24, 2.45) is 11.7 Å². The molecule has 1 aromatic carbocycles. The summed E-state index contributed by atoms with van der Waals surface area (Å²) in [6.07, 6.45) is 2.67. The topological polar surface area (TPSA) is 46.3 Å². The van der Waals surface area contributed by atoms with Crippen LogP contribution in [-0.2, 0) is 4.79 Å². The number of likely N-dealkylation sites (tertiary alicyclic amines) is 1. The summed E-state index contributed by atoms with van der Waals surface area (Å²) >= 11 is 0. The van der Waals surface area contributed by atoms with Crippen LogP contribution in [0.4, 0.5) is 0 Å². The highest BCUT2D eigenvalue weighted by atomic mass is 16.2. The van der Waals surface area contributed by atoms with Gasteiger partial charge in [-0.25, -0.2) is 0 Å². The third-order valence-corrected chi connectivity index (χ3v) is 4.19. The summed E-state index contributed by atoms with van der Waals surface area (Å²) < 4.78 is 0. The maximum absolute atomic E-state index is 12.2. The van der Waals surface area contributed by atoms with Gasteiger partial charge in [0.2, 0.25) is 5.91 Å². The summed E-state index contributed by atoms with van der Waals surface area (Å²) in [6.45, 7) is 4.46. The van der Waals surface area contributed by atoms with Gasteiger partial charge < -0.3 is 10.6 Å². The average molecular weight is 260 g/mol. The number of nitrogens with zero attached hydrogens (tertiary/aromatic N) is 1. The zero-order valence-corrected chi connectivity index (χ0v) is 11.7. The van der Waals surface area contributed by atoms with Crippen LogP contribution in [0.3, 0.4) is 0 Å². The highest BCUT2D eigenvalue weighted by Gasteiger charge is 2.27. The Labute approximate surface area is 115 Å². The van der Waals surface area contributed by atoms with Gasteiger partial charge in [0.15, 0.2) is 0 Å². The van der Waals surface area contributed by atoms with Crippen molar-refractivity contribution >= 4 is 5.91 Å². The molecule has 2 unspecified atom stereocenters. The first-order valence-electron chi connectivity index (χ1n) is 7.27. The van der Waals surface area contributed by atoms with Crippen LogP contribution < -0.4 is 5.73 Å². The number of amides is 1. The number of nitrogens with two attached hydrogens (primary N) is 1. The highest BCUT2D eigenvalue weighted by Crippen LogP contribution is 2.27. The molecule has 2 atom stereocenters. The standard InChI is InChI=1S/C16H24N2O/c1-2-13(11-17)10-16(19)18-9-8-15(12-18)14-6-4-3-5-7-14/h3-7,13,15H,2,8-12,17H2,1H3. The molecule has 104 valence electrons. The van der Waals surface area contributed by atoms with Crippen molar-refractivity contribution in [3.05, 3.63) is 35.9 Å². The minimum absolute atomic E-state index is 0.274. The number of benzene rings is 1. The molecule has 0 saturated carbocycles. The Hall–Kier alpha value is -1.35. The lowest BCUT2D eigenvalue weighted by molar-refractivity contribution is -0.131. The fourth-order valence-corrected chi connectivity index (χ4v) is 2.75. The molecular weight excluding hydrogens is 236 g/mol. The summed E-state index contributed by atoms with van der Waals surface area (Å²) in [5.41, 5.74) is 7.03. The monoisotopic (exact) mass is 260 g/mol. The van der Waals surface area contributed by atoms with Crippen molar-refractivity contribution in [2.45, 2.75) is 32.1 Å². The van der Waals surface area contributed by atoms with E-state index in [2.05, 4.69) is 31.2 Å². The maximum Gasteiger partial charge on any atom is 0.222 e. The molecule has 0 aliphatic carbocycles. The van der Waals surface area contributed by atoms with Gasteiger partial charge in [0.1, 0.15) is 0 Å².